The zero-order valence-corrected chi connectivity index (χ0v) is 16.0. The van der Waals surface area contributed by atoms with Crippen LogP contribution in [-0.2, 0) is 14.3 Å². The number of esters is 1. The van der Waals surface area contributed by atoms with E-state index in [1.807, 2.05) is 41.7 Å². The van der Waals surface area contributed by atoms with Crippen LogP contribution in [0.4, 0.5) is 13.2 Å². The topological polar surface area (TPSA) is 55.4 Å². The number of hydrogen-bond acceptors (Lipinski definition) is 4. The van der Waals surface area contributed by atoms with Crippen LogP contribution in [0.1, 0.15) is 24.3 Å². The van der Waals surface area contributed by atoms with Gasteiger partial charge in [-0.05, 0) is 41.2 Å². The van der Waals surface area contributed by atoms with E-state index in [1.165, 1.54) is 7.11 Å². The molecule has 1 amide bonds. The van der Waals surface area contributed by atoms with Crippen molar-refractivity contribution < 1.29 is 27.5 Å². The van der Waals surface area contributed by atoms with Gasteiger partial charge >= 0.3 is 18.1 Å². The van der Waals surface area contributed by atoms with Gasteiger partial charge in [-0.1, -0.05) is 30.3 Å². The molecule has 1 aliphatic rings. The van der Waals surface area contributed by atoms with Crippen LogP contribution in [0.15, 0.2) is 41.3 Å². The molecule has 1 fully saturated rings. The molecule has 8 heteroatoms. The highest BCUT2D eigenvalue weighted by Gasteiger charge is 2.39. The Labute approximate surface area is 164 Å². The Kier molecular flexibility index (Phi) is 6.17. The molecule has 0 aliphatic heterocycles. The molecule has 0 heterocycles. The largest absolute Gasteiger partial charge is 0.471 e. The van der Waals surface area contributed by atoms with Gasteiger partial charge in [0, 0.05) is 17.2 Å². The molecular formula is C20H20F3NO3S. The Morgan fingerprint density at radius 2 is 1.93 bits per heavy atom. The van der Waals surface area contributed by atoms with Crippen molar-refractivity contribution in [3.8, 4) is 0 Å². The lowest BCUT2D eigenvalue weighted by Crippen LogP contribution is -2.40. The number of methoxy groups -OCH3 is 1. The lowest BCUT2D eigenvalue weighted by molar-refractivity contribution is -0.173. The summed E-state index contributed by atoms with van der Waals surface area (Å²) in [6.45, 7) is -0.490. The minimum Gasteiger partial charge on any atom is -0.468 e. The lowest BCUT2D eigenvalue weighted by Gasteiger charge is -2.21. The molecule has 2 aromatic carbocycles. The summed E-state index contributed by atoms with van der Waals surface area (Å²) in [4.78, 5) is 24.6. The van der Waals surface area contributed by atoms with Crippen LogP contribution in [-0.4, -0.2) is 37.5 Å². The van der Waals surface area contributed by atoms with Gasteiger partial charge in [0.15, 0.2) is 0 Å². The van der Waals surface area contributed by atoms with Crippen LogP contribution in [0.3, 0.4) is 0 Å². The van der Waals surface area contributed by atoms with Crippen molar-refractivity contribution in [3.63, 3.8) is 0 Å². The van der Waals surface area contributed by atoms with Crippen LogP contribution in [0, 0.1) is 5.92 Å². The summed E-state index contributed by atoms with van der Waals surface area (Å²) in [7, 11) is 1.18. The van der Waals surface area contributed by atoms with Crippen molar-refractivity contribution in [2.45, 2.75) is 29.8 Å². The van der Waals surface area contributed by atoms with E-state index in [-0.39, 0.29) is 0 Å². The first-order valence-corrected chi connectivity index (χ1v) is 9.87. The quantitative estimate of drug-likeness (QED) is 0.546. The predicted octanol–water partition coefficient (Wildman–Crippen LogP) is 4.28. The molecule has 1 N–H and O–H groups in total. The van der Waals surface area contributed by atoms with Crippen molar-refractivity contribution in [2.75, 3.05) is 19.4 Å². The van der Waals surface area contributed by atoms with E-state index in [4.69, 9.17) is 4.74 Å². The molecule has 0 spiro atoms. The maximum Gasteiger partial charge on any atom is 0.471 e. The minimum atomic E-state index is -5.01. The first-order chi connectivity index (χ1) is 13.3. The lowest BCUT2D eigenvalue weighted by atomic mass is 9.93. The van der Waals surface area contributed by atoms with Crippen LogP contribution < -0.4 is 5.32 Å². The fourth-order valence-corrected chi connectivity index (χ4v) is 4.31. The monoisotopic (exact) mass is 411 g/mol. The summed E-state index contributed by atoms with van der Waals surface area (Å²) in [6, 6.07) is 11.2. The van der Waals surface area contributed by atoms with Gasteiger partial charge in [0.25, 0.3) is 0 Å². The van der Waals surface area contributed by atoms with Gasteiger partial charge in [-0.15, -0.1) is 11.8 Å². The molecule has 4 nitrogen and oxygen atoms in total. The number of alkyl halides is 3. The Bertz CT molecular complexity index is 881. The third kappa shape index (κ3) is 4.79. The molecule has 0 saturated heterocycles. The molecular weight excluding hydrogens is 391 g/mol. The van der Waals surface area contributed by atoms with E-state index < -0.39 is 30.5 Å². The molecule has 0 radical (unpaired) electrons. The van der Waals surface area contributed by atoms with Gasteiger partial charge in [-0.2, -0.15) is 13.2 Å². The van der Waals surface area contributed by atoms with Crippen LogP contribution in [0.5, 0.6) is 0 Å². The molecule has 28 heavy (non-hydrogen) atoms. The number of carbonyl (C=O) groups excluding carboxylic acids is 2. The Morgan fingerprint density at radius 3 is 2.57 bits per heavy atom. The maximum atomic E-state index is 12.6. The molecule has 0 bridgehead atoms. The second-order valence-electron chi connectivity index (χ2n) is 6.74. The summed E-state index contributed by atoms with van der Waals surface area (Å²) in [6.07, 6.45) is -2.68. The van der Waals surface area contributed by atoms with E-state index in [0.29, 0.717) is 11.5 Å². The third-order valence-electron chi connectivity index (χ3n) is 4.66. The first-order valence-electron chi connectivity index (χ1n) is 8.88. The molecule has 1 saturated carbocycles. The van der Waals surface area contributed by atoms with Crippen LogP contribution in [0.25, 0.3) is 10.8 Å². The van der Waals surface area contributed by atoms with E-state index in [9.17, 15) is 22.8 Å². The second kappa shape index (κ2) is 8.43. The molecule has 1 atom stereocenters. The van der Waals surface area contributed by atoms with Crippen LogP contribution in [0.2, 0.25) is 0 Å². The average Bonchev–Trinajstić information content (AvgIpc) is 3.50. The van der Waals surface area contributed by atoms with Gasteiger partial charge < -0.3 is 10.1 Å². The van der Waals surface area contributed by atoms with E-state index >= 15 is 0 Å². The highest BCUT2D eigenvalue weighted by molar-refractivity contribution is 7.99. The summed E-state index contributed by atoms with van der Waals surface area (Å²) in [5, 5.41) is 3.46. The fourth-order valence-electron chi connectivity index (χ4n) is 2.99. The zero-order chi connectivity index (χ0) is 20.3. The van der Waals surface area contributed by atoms with Crippen molar-refractivity contribution in [2.24, 2.45) is 5.92 Å². The number of carbonyl (C=O) groups is 2. The number of fused-ring (bicyclic) bond motifs is 1. The fraction of sp³-hybridized carbons (Fsp3) is 0.400. The number of halogens is 3. The SMILES string of the molecule is COC(=O)C(CNC(=O)C(F)(F)F)c1c(SCC2CC2)ccc2ccccc12. The zero-order valence-electron chi connectivity index (χ0n) is 15.2. The summed E-state index contributed by atoms with van der Waals surface area (Å²) < 4.78 is 42.7. The van der Waals surface area contributed by atoms with Gasteiger partial charge in [-0.25, -0.2) is 0 Å². The predicted molar refractivity (Wildman–Crippen MR) is 101 cm³/mol. The minimum absolute atomic E-state index is 0.490. The second-order valence-corrected chi connectivity index (χ2v) is 7.80. The van der Waals surface area contributed by atoms with Gasteiger partial charge in [0.1, 0.15) is 5.92 Å². The number of nitrogens with one attached hydrogen (secondary N) is 1. The van der Waals surface area contributed by atoms with Crippen LogP contribution >= 0.6 is 11.8 Å². The maximum absolute atomic E-state index is 12.6. The summed E-state index contributed by atoms with van der Waals surface area (Å²) in [5.74, 6) is -2.29. The van der Waals surface area contributed by atoms with E-state index in [0.717, 1.165) is 34.3 Å². The van der Waals surface area contributed by atoms with Crippen molar-refractivity contribution in [1.82, 2.24) is 5.32 Å². The average molecular weight is 411 g/mol. The van der Waals surface area contributed by atoms with E-state index in [2.05, 4.69) is 0 Å². The molecule has 0 aromatic heterocycles. The highest BCUT2D eigenvalue weighted by Crippen LogP contribution is 2.40. The molecule has 1 unspecified atom stereocenters. The Morgan fingerprint density at radius 1 is 1.21 bits per heavy atom. The number of hydrogen-bond donors (Lipinski definition) is 1. The molecule has 3 rings (SSSR count). The molecule has 1 aliphatic carbocycles. The van der Waals surface area contributed by atoms with Crippen molar-refractivity contribution >= 4 is 34.4 Å². The summed E-state index contributed by atoms with van der Waals surface area (Å²) >= 11 is 1.59. The Balaban J connectivity index is 1.99. The van der Waals surface area contributed by atoms with Gasteiger partial charge in [0.2, 0.25) is 0 Å². The number of benzene rings is 2. The molecule has 150 valence electrons. The van der Waals surface area contributed by atoms with Gasteiger partial charge in [-0.3, -0.25) is 9.59 Å². The molecule has 2 aromatic rings. The van der Waals surface area contributed by atoms with E-state index in [1.54, 1.807) is 11.8 Å². The first kappa shape index (κ1) is 20.5. The number of rotatable bonds is 7. The third-order valence-corrected chi connectivity index (χ3v) is 5.97. The number of amides is 1. The normalized spacial score (nSPS) is 15.3. The standard InChI is InChI=1S/C20H20F3NO3S/c1-27-18(25)15(10-24-19(26)20(21,22)23)17-14-5-3-2-4-13(14)8-9-16(17)28-11-12-6-7-12/h2-5,8-9,12,15H,6-7,10-11H2,1H3,(H,24,26). The summed E-state index contributed by atoms with van der Waals surface area (Å²) in [5.41, 5.74) is 0.595. The smallest absolute Gasteiger partial charge is 0.468 e. The van der Waals surface area contributed by atoms with Gasteiger partial charge in [0.05, 0.1) is 7.11 Å². The van der Waals surface area contributed by atoms with Crippen molar-refractivity contribution in [3.05, 3.63) is 42.0 Å². The van der Waals surface area contributed by atoms with Crippen molar-refractivity contribution in [1.29, 1.82) is 0 Å². The number of thioether (sulfide) groups is 1. The Hall–Kier alpha value is -2.22. The number of ether oxygens (including phenoxy) is 1. The highest BCUT2D eigenvalue weighted by atomic mass is 32.2.